The molecule has 0 unspecified atom stereocenters. The number of rotatable bonds is 6. The Labute approximate surface area is 150 Å². The van der Waals surface area contributed by atoms with Gasteiger partial charge in [0.15, 0.2) is 5.16 Å². The predicted octanol–water partition coefficient (Wildman–Crippen LogP) is 2.90. The van der Waals surface area contributed by atoms with Gasteiger partial charge in [-0.2, -0.15) is 0 Å². The predicted molar refractivity (Wildman–Crippen MR) is 97.7 cm³/mol. The monoisotopic (exact) mass is 350 g/mol. The summed E-state index contributed by atoms with van der Waals surface area (Å²) in [6, 6.07) is 19.0. The largest absolute Gasteiger partial charge is 0.550 e. The molecule has 6 heteroatoms. The lowest BCUT2D eigenvalue weighted by Crippen LogP contribution is -2.24. The van der Waals surface area contributed by atoms with Crippen LogP contribution in [0.1, 0.15) is 5.56 Å². The van der Waals surface area contributed by atoms with E-state index in [0.717, 1.165) is 16.9 Å². The Morgan fingerprint density at radius 2 is 1.80 bits per heavy atom. The van der Waals surface area contributed by atoms with Crippen molar-refractivity contribution in [1.29, 1.82) is 0 Å². The molecule has 0 aliphatic rings. The van der Waals surface area contributed by atoms with Crippen LogP contribution in [-0.2, 0) is 11.2 Å². The van der Waals surface area contributed by atoms with E-state index in [0.29, 0.717) is 16.5 Å². The van der Waals surface area contributed by atoms with Crippen LogP contribution in [0.2, 0.25) is 0 Å². The molecular formula is C19H16N3O2S-. The molecular weight excluding hydrogens is 334 g/mol. The number of carbonyl (C=O) groups excluding carboxylic acids is 1. The minimum absolute atomic E-state index is 0.0947. The highest BCUT2D eigenvalue weighted by Gasteiger charge is 2.07. The summed E-state index contributed by atoms with van der Waals surface area (Å²) < 4.78 is 0. The maximum Gasteiger partial charge on any atom is 0.189 e. The zero-order valence-electron chi connectivity index (χ0n) is 13.6. The van der Waals surface area contributed by atoms with Crippen molar-refractivity contribution < 1.29 is 9.90 Å². The van der Waals surface area contributed by atoms with Gasteiger partial charge in [0.25, 0.3) is 0 Å². The molecule has 0 aliphatic carbocycles. The molecule has 1 heterocycles. The van der Waals surface area contributed by atoms with Crippen molar-refractivity contribution in [2.24, 2.45) is 0 Å². The van der Waals surface area contributed by atoms with E-state index in [4.69, 9.17) is 0 Å². The lowest BCUT2D eigenvalue weighted by Gasteiger charge is -2.10. The van der Waals surface area contributed by atoms with Crippen LogP contribution < -0.4 is 10.4 Å². The molecule has 1 aromatic heterocycles. The van der Waals surface area contributed by atoms with E-state index in [1.165, 1.54) is 11.8 Å². The molecule has 25 heavy (non-hydrogen) atoms. The van der Waals surface area contributed by atoms with Gasteiger partial charge in [-0.25, -0.2) is 9.97 Å². The fourth-order valence-electron chi connectivity index (χ4n) is 2.36. The number of aromatic nitrogens is 2. The Bertz CT molecular complexity index is 868. The van der Waals surface area contributed by atoms with Crippen molar-refractivity contribution in [3.8, 4) is 11.3 Å². The van der Waals surface area contributed by atoms with E-state index in [1.54, 1.807) is 12.1 Å². The molecule has 0 radical (unpaired) electrons. The molecule has 1 N–H and O–H groups in total. The molecule has 2 aromatic carbocycles. The van der Waals surface area contributed by atoms with Crippen LogP contribution in [0.15, 0.2) is 65.8 Å². The average molecular weight is 350 g/mol. The number of carboxylic acids is 1. The molecule has 0 fully saturated rings. The third-order valence-corrected chi connectivity index (χ3v) is 4.08. The molecule has 0 bridgehead atoms. The van der Waals surface area contributed by atoms with Gasteiger partial charge in [0.05, 0.1) is 5.69 Å². The number of aliphatic carboxylic acids is 1. The number of nitrogens with one attached hydrogen (secondary N) is 1. The Balaban J connectivity index is 1.85. The number of anilines is 2. The molecule has 3 aromatic rings. The topological polar surface area (TPSA) is 77.9 Å². The Hall–Kier alpha value is -2.86. The second kappa shape index (κ2) is 7.81. The van der Waals surface area contributed by atoms with Crippen LogP contribution >= 0.6 is 11.8 Å². The van der Waals surface area contributed by atoms with Gasteiger partial charge < -0.3 is 15.2 Å². The minimum Gasteiger partial charge on any atom is -0.550 e. The summed E-state index contributed by atoms with van der Waals surface area (Å²) in [5, 5.41) is 14.6. The molecule has 5 nitrogen and oxygen atoms in total. The van der Waals surface area contributed by atoms with E-state index < -0.39 is 5.97 Å². The minimum atomic E-state index is -1.09. The zero-order chi connectivity index (χ0) is 17.6. The first-order chi connectivity index (χ1) is 12.1. The Morgan fingerprint density at radius 1 is 1.08 bits per heavy atom. The van der Waals surface area contributed by atoms with Crippen LogP contribution in [-0.4, -0.2) is 22.2 Å². The first-order valence-electron chi connectivity index (χ1n) is 7.68. The quantitative estimate of drug-likeness (QED) is 0.544. The highest BCUT2D eigenvalue weighted by atomic mass is 32.2. The summed E-state index contributed by atoms with van der Waals surface area (Å²) in [5.41, 5.74) is 3.39. The van der Waals surface area contributed by atoms with Crippen molar-refractivity contribution in [1.82, 2.24) is 9.97 Å². The third-order valence-electron chi connectivity index (χ3n) is 3.53. The second-order valence-corrected chi connectivity index (χ2v) is 6.14. The maximum atomic E-state index is 10.6. The molecule has 0 spiro atoms. The van der Waals surface area contributed by atoms with Crippen LogP contribution in [0.4, 0.5) is 11.5 Å². The smallest absolute Gasteiger partial charge is 0.189 e. The summed E-state index contributed by atoms with van der Waals surface area (Å²) in [4.78, 5) is 19.7. The van der Waals surface area contributed by atoms with Crippen molar-refractivity contribution in [2.45, 2.75) is 11.6 Å². The number of carboxylic acid groups (broad SMARTS) is 1. The van der Waals surface area contributed by atoms with Gasteiger partial charge in [-0.15, -0.1) is 0 Å². The molecule has 0 aliphatic heterocycles. The van der Waals surface area contributed by atoms with Crippen molar-refractivity contribution >= 4 is 29.2 Å². The molecule has 0 amide bonds. The number of benzene rings is 2. The van der Waals surface area contributed by atoms with Gasteiger partial charge in [0.1, 0.15) is 5.82 Å². The molecule has 0 saturated heterocycles. The first-order valence-corrected chi connectivity index (χ1v) is 8.91. The van der Waals surface area contributed by atoms with Gasteiger partial charge in [0.2, 0.25) is 0 Å². The number of hydrogen-bond donors (Lipinski definition) is 1. The zero-order valence-corrected chi connectivity index (χ0v) is 14.4. The fraction of sp³-hybridized carbons (Fsp3) is 0.105. The fourth-order valence-corrected chi connectivity index (χ4v) is 2.74. The van der Waals surface area contributed by atoms with Crippen LogP contribution in [0.25, 0.3) is 11.3 Å². The third kappa shape index (κ3) is 4.58. The summed E-state index contributed by atoms with van der Waals surface area (Å²) in [5.74, 6) is -0.403. The van der Waals surface area contributed by atoms with Crippen LogP contribution in [0.3, 0.4) is 0 Å². The average Bonchev–Trinajstić information content (AvgIpc) is 2.63. The van der Waals surface area contributed by atoms with Crippen molar-refractivity contribution in [2.75, 3.05) is 11.6 Å². The Morgan fingerprint density at radius 3 is 2.44 bits per heavy atom. The van der Waals surface area contributed by atoms with E-state index >= 15 is 0 Å². The number of hydrogen-bond acceptors (Lipinski definition) is 6. The first kappa shape index (κ1) is 17.0. The van der Waals surface area contributed by atoms with Crippen LogP contribution in [0.5, 0.6) is 0 Å². The molecule has 126 valence electrons. The van der Waals surface area contributed by atoms with Crippen molar-refractivity contribution in [3.63, 3.8) is 0 Å². The summed E-state index contributed by atoms with van der Waals surface area (Å²) in [6.45, 7) is 0. The van der Waals surface area contributed by atoms with Gasteiger partial charge in [-0.1, -0.05) is 54.2 Å². The van der Waals surface area contributed by atoms with Gasteiger partial charge >= 0.3 is 0 Å². The standard InChI is InChI=1S/C19H17N3O2S/c1-25-19-21-16(14-5-3-2-4-6-14)12-17(22-19)20-15-9-7-13(8-10-15)11-18(23)24/h2-10,12H,11H2,1H3,(H,23,24)(H,20,21,22)/p-1. The van der Waals surface area contributed by atoms with E-state index in [-0.39, 0.29) is 6.42 Å². The Kier molecular flexibility index (Phi) is 5.30. The lowest BCUT2D eigenvalue weighted by molar-refractivity contribution is -0.304. The highest BCUT2D eigenvalue weighted by Crippen LogP contribution is 2.24. The number of nitrogens with zero attached hydrogens (tertiary/aromatic N) is 2. The highest BCUT2D eigenvalue weighted by molar-refractivity contribution is 7.98. The van der Waals surface area contributed by atoms with Gasteiger partial charge in [0, 0.05) is 29.7 Å². The lowest BCUT2D eigenvalue weighted by atomic mass is 10.1. The van der Waals surface area contributed by atoms with E-state index in [2.05, 4.69) is 15.3 Å². The van der Waals surface area contributed by atoms with Gasteiger partial charge in [-0.3, -0.25) is 0 Å². The number of carbonyl (C=O) groups is 1. The number of thioether (sulfide) groups is 1. The van der Waals surface area contributed by atoms with Crippen molar-refractivity contribution in [3.05, 3.63) is 66.2 Å². The van der Waals surface area contributed by atoms with E-state index in [9.17, 15) is 9.90 Å². The van der Waals surface area contributed by atoms with Crippen LogP contribution in [0, 0.1) is 0 Å². The second-order valence-electron chi connectivity index (χ2n) is 5.36. The summed E-state index contributed by atoms with van der Waals surface area (Å²) in [7, 11) is 0. The molecule has 0 atom stereocenters. The molecule has 0 saturated carbocycles. The SMILES string of the molecule is CSc1nc(Nc2ccc(CC(=O)[O-])cc2)cc(-c2ccccc2)n1. The van der Waals surface area contributed by atoms with Gasteiger partial charge in [-0.05, 0) is 24.0 Å². The van der Waals surface area contributed by atoms with E-state index in [1.807, 2.05) is 54.8 Å². The normalized spacial score (nSPS) is 10.4. The summed E-state index contributed by atoms with van der Waals surface area (Å²) >= 11 is 1.48. The summed E-state index contributed by atoms with van der Waals surface area (Å²) in [6.07, 6.45) is 1.84. The maximum absolute atomic E-state index is 10.6. The molecule has 3 rings (SSSR count).